The molecule has 3 rings (SSSR count). The number of benzene rings is 1. The Kier molecular flexibility index (Phi) is 3.75. The lowest BCUT2D eigenvalue weighted by Gasteiger charge is -2.04. The summed E-state index contributed by atoms with van der Waals surface area (Å²) in [6, 6.07) is 8.44. The average molecular weight is 285 g/mol. The molecule has 0 atom stereocenters. The molecule has 0 aliphatic carbocycles. The Bertz CT molecular complexity index is 743. The van der Waals surface area contributed by atoms with Crippen molar-refractivity contribution in [3.05, 3.63) is 35.7 Å². The number of rotatable bonds is 5. The van der Waals surface area contributed by atoms with Gasteiger partial charge in [0.25, 0.3) is 5.89 Å². The molecule has 0 saturated carbocycles. The molecule has 1 aromatic carbocycles. The number of fused-ring (bicyclic) bond motifs is 1. The highest BCUT2D eigenvalue weighted by Gasteiger charge is 2.13. The van der Waals surface area contributed by atoms with E-state index in [1.807, 2.05) is 18.2 Å². The SMILES string of the molecule is Cc1ccc2oc(-c3nnc(CCNC(C)C)o3)cc2c1. The molecule has 21 heavy (non-hydrogen) atoms. The summed E-state index contributed by atoms with van der Waals surface area (Å²) in [7, 11) is 0. The van der Waals surface area contributed by atoms with Crippen molar-refractivity contribution in [3.63, 3.8) is 0 Å². The Balaban J connectivity index is 1.78. The molecule has 5 nitrogen and oxygen atoms in total. The van der Waals surface area contributed by atoms with Gasteiger partial charge < -0.3 is 14.2 Å². The van der Waals surface area contributed by atoms with Crippen LogP contribution in [0.2, 0.25) is 0 Å². The fraction of sp³-hybridized carbons (Fsp3) is 0.375. The van der Waals surface area contributed by atoms with Gasteiger partial charge in [-0.05, 0) is 25.1 Å². The molecule has 3 aromatic rings. The second-order valence-electron chi connectivity index (χ2n) is 5.51. The summed E-state index contributed by atoms with van der Waals surface area (Å²) in [5.74, 6) is 1.67. The van der Waals surface area contributed by atoms with Gasteiger partial charge in [0.2, 0.25) is 5.89 Å². The van der Waals surface area contributed by atoms with E-state index in [0.717, 1.165) is 17.5 Å². The molecule has 0 fully saturated rings. The van der Waals surface area contributed by atoms with E-state index in [9.17, 15) is 0 Å². The highest BCUT2D eigenvalue weighted by molar-refractivity contribution is 5.82. The summed E-state index contributed by atoms with van der Waals surface area (Å²) in [5, 5.41) is 12.5. The van der Waals surface area contributed by atoms with Gasteiger partial charge in [-0.1, -0.05) is 25.5 Å². The highest BCUT2D eigenvalue weighted by atomic mass is 16.4. The Morgan fingerprint density at radius 3 is 2.81 bits per heavy atom. The first-order chi connectivity index (χ1) is 10.1. The lowest BCUT2D eigenvalue weighted by molar-refractivity contribution is 0.471. The normalized spacial score (nSPS) is 11.6. The summed E-state index contributed by atoms with van der Waals surface area (Å²) < 4.78 is 11.4. The molecule has 2 heterocycles. The average Bonchev–Trinajstić information content (AvgIpc) is 3.03. The Morgan fingerprint density at radius 2 is 2.00 bits per heavy atom. The largest absolute Gasteiger partial charge is 0.451 e. The lowest BCUT2D eigenvalue weighted by Crippen LogP contribution is -2.25. The Labute approximate surface area is 123 Å². The van der Waals surface area contributed by atoms with Crippen molar-refractivity contribution in [2.24, 2.45) is 0 Å². The second-order valence-corrected chi connectivity index (χ2v) is 5.51. The van der Waals surface area contributed by atoms with Crippen LogP contribution in [0, 0.1) is 6.92 Å². The molecule has 0 aliphatic heterocycles. The monoisotopic (exact) mass is 285 g/mol. The van der Waals surface area contributed by atoms with Crippen molar-refractivity contribution in [1.82, 2.24) is 15.5 Å². The maximum absolute atomic E-state index is 5.75. The predicted molar refractivity (Wildman–Crippen MR) is 81.1 cm³/mol. The summed E-state index contributed by atoms with van der Waals surface area (Å²) in [4.78, 5) is 0. The third-order valence-electron chi connectivity index (χ3n) is 3.24. The number of nitrogens with zero attached hydrogens (tertiary/aromatic N) is 2. The standard InChI is InChI=1S/C16H19N3O2/c1-10(2)17-7-6-15-18-19-16(21-15)14-9-12-8-11(3)4-5-13(12)20-14/h4-5,8-10,17H,6-7H2,1-3H3. The van der Waals surface area contributed by atoms with E-state index in [-0.39, 0.29) is 0 Å². The summed E-state index contributed by atoms with van der Waals surface area (Å²) in [5.41, 5.74) is 2.03. The fourth-order valence-corrected chi connectivity index (χ4v) is 2.19. The first kappa shape index (κ1) is 13.8. The molecular formula is C16H19N3O2. The number of hydrogen-bond donors (Lipinski definition) is 1. The van der Waals surface area contributed by atoms with Crippen LogP contribution in [0.4, 0.5) is 0 Å². The zero-order valence-corrected chi connectivity index (χ0v) is 12.5. The molecule has 110 valence electrons. The molecule has 0 bridgehead atoms. The summed E-state index contributed by atoms with van der Waals surface area (Å²) in [6.07, 6.45) is 0.713. The minimum Gasteiger partial charge on any atom is -0.451 e. The molecule has 0 radical (unpaired) electrons. The van der Waals surface area contributed by atoms with Crippen LogP contribution in [0.1, 0.15) is 25.3 Å². The first-order valence-electron chi connectivity index (χ1n) is 7.18. The Morgan fingerprint density at radius 1 is 1.14 bits per heavy atom. The van der Waals surface area contributed by atoms with Gasteiger partial charge in [0.1, 0.15) is 5.58 Å². The molecule has 0 saturated heterocycles. The summed E-state index contributed by atoms with van der Waals surface area (Å²) in [6.45, 7) is 7.09. The van der Waals surface area contributed by atoms with Crippen molar-refractivity contribution in [3.8, 4) is 11.7 Å². The highest BCUT2D eigenvalue weighted by Crippen LogP contribution is 2.27. The van der Waals surface area contributed by atoms with Gasteiger partial charge in [-0.25, -0.2) is 0 Å². The van der Waals surface area contributed by atoms with E-state index < -0.39 is 0 Å². The van der Waals surface area contributed by atoms with E-state index in [1.165, 1.54) is 5.56 Å². The predicted octanol–water partition coefficient (Wildman–Crippen LogP) is 3.33. The minimum absolute atomic E-state index is 0.434. The van der Waals surface area contributed by atoms with Crippen LogP contribution < -0.4 is 5.32 Å². The molecule has 0 amide bonds. The maximum Gasteiger partial charge on any atom is 0.283 e. The van der Waals surface area contributed by atoms with Crippen molar-refractivity contribution >= 4 is 11.0 Å². The summed E-state index contributed by atoms with van der Waals surface area (Å²) >= 11 is 0. The van der Waals surface area contributed by atoms with Crippen LogP contribution in [0.3, 0.4) is 0 Å². The van der Waals surface area contributed by atoms with Gasteiger partial charge >= 0.3 is 0 Å². The van der Waals surface area contributed by atoms with Gasteiger partial charge in [-0.2, -0.15) is 0 Å². The molecule has 5 heteroatoms. The van der Waals surface area contributed by atoms with Gasteiger partial charge in [0.15, 0.2) is 5.76 Å². The van der Waals surface area contributed by atoms with Crippen LogP contribution in [-0.4, -0.2) is 22.8 Å². The molecule has 0 spiro atoms. The third-order valence-corrected chi connectivity index (χ3v) is 3.24. The van der Waals surface area contributed by atoms with Crippen LogP contribution in [0.25, 0.3) is 22.6 Å². The van der Waals surface area contributed by atoms with E-state index in [4.69, 9.17) is 8.83 Å². The van der Waals surface area contributed by atoms with Gasteiger partial charge in [0, 0.05) is 24.4 Å². The number of aryl methyl sites for hydroxylation is 1. The molecule has 0 aliphatic rings. The van der Waals surface area contributed by atoms with Crippen molar-refractivity contribution in [1.29, 1.82) is 0 Å². The number of hydrogen-bond acceptors (Lipinski definition) is 5. The van der Waals surface area contributed by atoms with E-state index >= 15 is 0 Å². The van der Waals surface area contributed by atoms with E-state index in [1.54, 1.807) is 0 Å². The quantitative estimate of drug-likeness (QED) is 0.779. The van der Waals surface area contributed by atoms with Crippen molar-refractivity contribution in [2.75, 3.05) is 6.54 Å². The second kappa shape index (κ2) is 5.69. The van der Waals surface area contributed by atoms with Crippen molar-refractivity contribution in [2.45, 2.75) is 33.2 Å². The van der Waals surface area contributed by atoms with Gasteiger partial charge in [0.05, 0.1) is 0 Å². The Hall–Kier alpha value is -2.14. The zero-order chi connectivity index (χ0) is 14.8. The van der Waals surface area contributed by atoms with Crippen LogP contribution in [0.15, 0.2) is 33.1 Å². The van der Waals surface area contributed by atoms with Crippen molar-refractivity contribution < 1.29 is 8.83 Å². The third kappa shape index (κ3) is 3.13. The molecular weight excluding hydrogens is 266 g/mol. The number of furan rings is 1. The van der Waals surface area contributed by atoms with E-state index in [2.05, 4.69) is 42.4 Å². The van der Waals surface area contributed by atoms with E-state index in [0.29, 0.717) is 30.0 Å². The lowest BCUT2D eigenvalue weighted by atomic mass is 10.2. The zero-order valence-electron chi connectivity index (χ0n) is 12.5. The topological polar surface area (TPSA) is 64.1 Å². The molecule has 0 unspecified atom stereocenters. The van der Waals surface area contributed by atoms with Crippen LogP contribution >= 0.6 is 0 Å². The molecule has 1 N–H and O–H groups in total. The maximum atomic E-state index is 5.75. The number of aromatic nitrogens is 2. The smallest absolute Gasteiger partial charge is 0.283 e. The van der Waals surface area contributed by atoms with Crippen LogP contribution in [-0.2, 0) is 6.42 Å². The number of nitrogens with one attached hydrogen (secondary N) is 1. The van der Waals surface area contributed by atoms with Crippen LogP contribution in [0.5, 0.6) is 0 Å². The molecule has 2 aromatic heterocycles. The first-order valence-corrected chi connectivity index (χ1v) is 7.18. The van der Waals surface area contributed by atoms with Gasteiger partial charge in [-0.3, -0.25) is 0 Å². The fourth-order valence-electron chi connectivity index (χ4n) is 2.19. The van der Waals surface area contributed by atoms with Gasteiger partial charge in [-0.15, -0.1) is 10.2 Å². The minimum atomic E-state index is 0.434.